The lowest BCUT2D eigenvalue weighted by molar-refractivity contribution is -0.122. The van der Waals surface area contributed by atoms with E-state index < -0.39 is 6.03 Å². The van der Waals surface area contributed by atoms with E-state index in [0.29, 0.717) is 17.5 Å². The van der Waals surface area contributed by atoms with Crippen LogP contribution in [-0.2, 0) is 4.79 Å². The molecule has 6 heteroatoms. The van der Waals surface area contributed by atoms with Gasteiger partial charge in [0.1, 0.15) is 0 Å². The number of fused-ring (bicyclic) bond motifs is 1. The molecule has 3 unspecified atom stereocenters. The Morgan fingerprint density at radius 3 is 2.41 bits per heavy atom. The van der Waals surface area contributed by atoms with E-state index in [-0.39, 0.29) is 17.7 Å². The van der Waals surface area contributed by atoms with E-state index in [1.54, 1.807) is 6.21 Å². The van der Waals surface area contributed by atoms with Crippen molar-refractivity contribution in [1.29, 1.82) is 0 Å². The summed E-state index contributed by atoms with van der Waals surface area (Å²) in [5.74, 6) is 1.15. The number of nitrogen functional groups attached to an aromatic ring is 1. The molecule has 3 aliphatic rings. The van der Waals surface area contributed by atoms with Crippen molar-refractivity contribution in [1.82, 2.24) is 5.43 Å². The summed E-state index contributed by atoms with van der Waals surface area (Å²) in [6.45, 7) is 1.99. The molecule has 2 saturated carbocycles. The van der Waals surface area contributed by atoms with Crippen molar-refractivity contribution in [3.05, 3.63) is 59.2 Å². The highest BCUT2D eigenvalue weighted by Gasteiger charge is 2.37. The van der Waals surface area contributed by atoms with Crippen LogP contribution in [0.2, 0.25) is 0 Å². The number of nitrogens with zero attached hydrogens (tertiary/aromatic N) is 2. The van der Waals surface area contributed by atoms with Gasteiger partial charge >= 0.3 is 6.03 Å². The Hall–Kier alpha value is -3.15. The number of hydrazone groups is 1. The highest BCUT2D eigenvalue weighted by atomic mass is 16.2. The average Bonchev–Trinajstić information content (AvgIpc) is 2.98. The molecule has 37 heavy (non-hydrogen) atoms. The van der Waals surface area contributed by atoms with Gasteiger partial charge in [-0.1, -0.05) is 75.6 Å². The molecule has 3 amide bonds. The van der Waals surface area contributed by atoms with Gasteiger partial charge < -0.3 is 5.73 Å². The molecule has 2 aliphatic carbocycles. The smallest absolute Gasteiger partial charge is 0.349 e. The minimum absolute atomic E-state index is 0.0991. The second-order valence-electron chi connectivity index (χ2n) is 11.4. The van der Waals surface area contributed by atoms with Gasteiger partial charge in [-0.15, -0.1) is 0 Å². The van der Waals surface area contributed by atoms with Crippen molar-refractivity contribution in [2.75, 3.05) is 10.6 Å². The molecular formula is C31H40N4O2. The quantitative estimate of drug-likeness (QED) is 0.449. The van der Waals surface area contributed by atoms with Crippen LogP contribution in [-0.4, -0.2) is 18.2 Å². The molecule has 2 fully saturated rings. The SMILES string of the molecule is Cc1ccc2c(c1)N(C(=O)C1CC(c3ccc(N)cc3)CCCCC(C3CCCCC3)C1)C(=O)NN=C2. The Labute approximate surface area is 220 Å². The monoisotopic (exact) mass is 500 g/mol. The second-order valence-corrected chi connectivity index (χ2v) is 11.4. The fraction of sp³-hybridized carbons (Fsp3) is 0.516. The number of hydrogen-bond donors (Lipinski definition) is 2. The predicted molar refractivity (Wildman–Crippen MR) is 150 cm³/mol. The molecular weight excluding hydrogens is 460 g/mol. The molecule has 0 spiro atoms. The van der Waals surface area contributed by atoms with E-state index in [1.165, 1.54) is 61.8 Å². The summed E-state index contributed by atoms with van der Waals surface area (Å²) in [6.07, 6.45) is 14.3. The van der Waals surface area contributed by atoms with Gasteiger partial charge in [0, 0.05) is 17.2 Å². The molecule has 0 bridgehead atoms. The first-order chi connectivity index (χ1) is 18.0. The van der Waals surface area contributed by atoms with Crippen LogP contribution in [0.4, 0.5) is 16.2 Å². The summed E-state index contributed by atoms with van der Waals surface area (Å²) in [5, 5.41) is 4.08. The first-order valence-corrected chi connectivity index (χ1v) is 14.1. The Kier molecular flexibility index (Phi) is 7.92. The van der Waals surface area contributed by atoms with E-state index >= 15 is 0 Å². The van der Waals surface area contributed by atoms with Gasteiger partial charge in [-0.3, -0.25) is 4.79 Å². The number of anilines is 2. The topological polar surface area (TPSA) is 87.8 Å². The Morgan fingerprint density at radius 1 is 0.919 bits per heavy atom. The number of carbonyl (C=O) groups excluding carboxylic acids is 2. The maximum absolute atomic E-state index is 14.4. The third kappa shape index (κ3) is 5.89. The highest BCUT2D eigenvalue weighted by molar-refractivity contribution is 6.18. The van der Waals surface area contributed by atoms with Crippen molar-refractivity contribution in [2.45, 2.75) is 83.5 Å². The average molecular weight is 501 g/mol. The van der Waals surface area contributed by atoms with E-state index in [2.05, 4.69) is 22.7 Å². The van der Waals surface area contributed by atoms with Gasteiger partial charge in [0.25, 0.3) is 0 Å². The van der Waals surface area contributed by atoms with Crippen molar-refractivity contribution in [2.24, 2.45) is 22.9 Å². The summed E-state index contributed by atoms with van der Waals surface area (Å²) in [6, 6.07) is 13.5. The number of imide groups is 1. The van der Waals surface area contributed by atoms with Gasteiger partial charge in [-0.2, -0.15) is 5.10 Å². The minimum atomic E-state index is -0.469. The third-order valence-corrected chi connectivity index (χ3v) is 8.82. The first kappa shape index (κ1) is 25.5. The number of carbonyl (C=O) groups is 2. The van der Waals surface area contributed by atoms with E-state index in [1.807, 2.05) is 37.3 Å². The van der Waals surface area contributed by atoms with Gasteiger partial charge in [-0.05, 0) is 73.3 Å². The maximum atomic E-state index is 14.4. The van der Waals surface area contributed by atoms with Crippen LogP contribution in [0, 0.1) is 24.7 Å². The van der Waals surface area contributed by atoms with Gasteiger partial charge in [-0.25, -0.2) is 15.1 Å². The normalized spacial score (nSPS) is 25.3. The number of amides is 3. The molecule has 0 saturated heterocycles. The molecule has 3 atom stereocenters. The Bertz CT molecular complexity index is 1140. The van der Waals surface area contributed by atoms with E-state index in [4.69, 9.17) is 5.73 Å². The number of benzene rings is 2. The van der Waals surface area contributed by atoms with Gasteiger partial charge in [0.2, 0.25) is 5.91 Å². The molecule has 196 valence electrons. The number of hydrogen-bond acceptors (Lipinski definition) is 4. The van der Waals surface area contributed by atoms with Crippen LogP contribution in [0.3, 0.4) is 0 Å². The number of rotatable bonds is 3. The van der Waals surface area contributed by atoms with Gasteiger partial charge in [0.05, 0.1) is 11.9 Å². The van der Waals surface area contributed by atoms with Gasteiger partial charge in [0.15, 0.2) is 0 Å². The molecule has 2 aromatic rings. The summed E-state index contributed by atoms with van der Waals surface area (Å²) in [5.41, 5.74) is 13.0. The largest absolute Gasteiger partial charge is 0.399 e. The third-order valence-electron chi connectivity index (χ3n) is 8.82. The van der Waals surface area contributed by atoms with Crippen LogP contribution in [0.1, 0.15) is 93.2 Å². The fourth-order valence-corrected chi connectivity index (χ4v) is 6.82. The first-order valence-electron chi connectivity index (χ1n) is 14.1. The lowest BCUT2D eigenvalue weighted by Crippen LogP contribution is -2.45. The Balaban J connectivity index is 1.50. The zero-order valence-electron chi connectivity index (χ0n) is 22.0. The van der Waals surface area contributed by atoms with E-state index in [9.17, 15) is 9.59 Å². The van der Waals surface area contributed by atoms with Crippen molar-refractivity contribution < 1.29 is 9.59 Å². The summed E-state index contributed by atoms with van der Waals surface area (Å²) >= 11 is 0. The zero-order valence-corrected chi connectivity index (χ0v) is 22.0. The van der Waals surface area contributed by atoms with Crippen LogP contribution >= 0.6 is 0 Å². The molecule has 2 aromatic carbocycles. The lowest BCUT2D eigenvalue weighted by atomic mass is 9.73. The van der Waals surface area contributed by atoms with Crippen molar-refractivity contribution in [3.63, 3.8) is 0 Å². The summed E-state index contributed by atoms with van der Waals surface area (Å²) in [7, 11) is 0. The predicted octanol–water partition coefficient (Wildman–Crippen LogP) is 6.92. The molecule has 3 N–H and O–H groups in total. The summed E-state index contributed by atoms with van der Waals surface area (Å²) < 4.78 is 0. The second kappa shape index (κ2) is 11.5. The fourth-order valence-electron chi connectivity index (χ4n) is 6.82. The van der Waals surface area contributed by atoms with Crippen LogP contribution in [0.15, 0.2) is 47.6 Å². The van der Waals surface area contributed by atoms with E-state index in [0.717, 1.165) is 36.1 Å². The standard InChI is InChI=1S/C31H40N4O2/c1-21-11-12-26-20-33-34-31(37)35(29(26)17-21)30(36)27-18-24(22-7-3-2-4-8-22)9-5-6-10-25(19-27)23-13-15-28(32)16-14-23/h11-17,20,22,24-25,27H,2-10,18-19,32H2,1H3,(H,34,37). The van der Waals surface area contributed by atoms with Crippen molar-refractivity contribution >= 4 is 29.5 Å². The van der Waals surface area contributed by atoms with Crippen LogP contribution < -0.4 is 16.1 Å². The molecule has 5 rings (SSSR count). The number of urea groups is 1. The highest BCUT2D eigenvalue weighted by Crippen LogP contribution is 2.42. The molecule has 1 aliphatic heterocycles. The van der Waals surface area contributed by atoms with Crippen LogP contribution in [0.25, 0.3) is 0 Å². The zero-order chi connectivity index (χ0) is 25.8. The summed E-state index contributed by atoms with van der Waals surface area (Å²) in [4.78, 5) is 29.0. The van der Waals surface area contributed by atoms with Crippen molar-refractivity contribution in [3.8, 4) is 0 Å². The molecule has 1 heterocycles. The lowest BCUT2D eigenvalue weighted by Gasteiger charge is -2.34. The number of aryl methyl sites for hydroxylation is 1. The molecule has 0 aromatic heterocycles. The number of nitrogens with two attached hydrogens (primary N) is 1. The molecule has 6 nitrogen and oxygen atoms in total. The maximum Gasteiger partial charge on any atom is 0.349 e. The minimum Gasteiger partial charge on any atom is -0.399 e. The Morgan fingerprint density at radius 2 is 1.62 bits per heavy atom. The number of nitrogens with one attached hydrogen (secondary N) is 1. The molecule has 0 radical (unpaired) electrons. The van der Waals surface area contributed by atoms with Crippen LogP contribution in [0.5, 0.6) is 0 Å².